The Morgan fingerprint density at radius 3 is 2.84 bits per heavy atom. The van der Waals surface area contributed by atoms with E-state index in [1.165, 1.54) is 25.0 Å². The highest BCUT2D eigenvalue weighted by Gasteiger charge is 2.27. The Labute approximate surface area is 115 Å². The first-order chi connectivity index (χ1) is 8.96. The van der Waals surface area contributed by atoms with Crippen LogP contribution in [0, 0.1) is 12.7 Å². The maximum Gasteiger partial charge on any atom is 0.123 e. The average molecular weight is 265 g/mol. The second-order valence-electron chi connectivity index (χ2n) is 6.10. The Kier molecular flexibility index (Phi) is 4.58. The summed E-state index contributed by atoms with van der Waals surface area (Å²) in [7, 11) is 0. The zero-order valence-electron chi connectivity index (χ0n) is 11.9. The summed E-state index contributed by atoms with van der Waals surface area (Å²) in [4.78, 5) is 0. The van der Waals surface area contributed by atoms with Crippen LogP contribution in [0.15, 0.2) is 18.2 Å². The summed E-state index contributed by atoms with van der Waals surface area (Å²) in [6.07, 6.45) is 4.94. The molecule has 1 aliphatic rings. The number of benzene rings is 1. The quantitative estimate of drug-likeness (QED) is 0.877. The Balaban J connectivity index is 1.99. The molecule has 1 fully saturated rings. The lowest BCUT2D eigenvalue weighted by Gasteiger charge is -2.32. The van der Waals surface area contributed by atoms with Crippen molar-refractivity contribution in [3.8, 4) is 0 Å². The molecule has 2 unspecified atom stereocenters. The highest BCUT2D eigenvalue weighted by atomic mass is 19.1. The van der Waals surface area contributed by atoms with Crippen LogP contribution in [0.4, 0.5) is 4.39 Å². The van der Waals surface area contributed by atoms with Gasteiger partial charge < -0.3 is 10.4 Å². The van der Waals surface area contributed by atoms with E-state index in [0.717, 1.165) is 30.5 Å². The predicted molar refractivity (Wildman–Crippen MR) is 75.7 cm³/mol. The van der Waals surface area contributed by atoms with Gasteiger partial charge in [-0.25, -0.2) is 4.39 Å². The van der Waals surface area contributed by atoms with E-state index in [9.17, 15) is 9.50 Å². The summed E-state index contributed by atoms with van der Waals surface area (Å²) < 4.78 is 13.1. The van der Waals surface area contributed by atoms with Crippen molar-refractivity contribution < 1.29 is 9.50 Å². The van der Waals surface area contributed by atoms with Crippen molar-refractivity contribution >= 4 is 0 Å². The average Bonchev–Trinajstić information content (AvgIpc) is 2.33. The second-order valence-corrected chi connectivity index (χ2v) is 6.10. The molecular formula is C16H24FNO. The molecule has 0 saturated carbocycles. The van der Waals surface area contributed by atoms with Crippen molar-refractivity contribution in [1.82, 2.24) is 5.32 Å². The smallest absolute Gasteiger partial charge is 0.123 e. The first kappa shape index (κ1) is 14.5. The second kappa shape index (κ2) is 6.02. The highest BCUT2D eigenvalue weighted by molar-refractivity contribution is 5.27. The molecule has 2 N–H and O–H groups in total. The zero-order chi connectivity index (χ0) is 13.9. The van der Waals surface area contributed by atoms with Crippen molar-refractivity contribution in [2.75, 3.05) is 6.54 Å². The molecule has 0 aliphatic carbocycles. The van der Waals surface area contributed by atoms with Crippen LogP contribution in [0.2, 0.25) is 0 Å². The Hall–Kier alpha value is -0.930. The summed E-state index contributed by atoms with van der Waals surface area (Å²) in [5, 5.41) is 14.0. The minimum Gasteiger partial charge on any atom is -0.390 e. The van der Waals surface area contributed by atoms with Gasteiger partial charge in [0.1, 0.15) is 5.82 Å². The van der Waals surface area contributed by atoms with Gasteiger partial charge in [0.25, 0.3) is 0 Å². The standard InChI is InChI=1S/C16H24FNO/c1-12-9-14(17)7-6-13(12)10-16(2,19)11-15-5-3-4-8-18-15/h6-7,9,15,18-19H,3-5,8,10-11H2,1-2H3. The summed E-state index contributed by atoms with van der Waals surface area (Å²) in [6, 6.07) is 5.19. The van der Waals surface area contributed by atoms with Crippen LogP contribution in [0.3, 0.4) is 0 Å². The molecule has 2 atom stereocenters. The Morgan fingerprint density at radius 2 is 2.21 bits per heavy atom. The van der Waals surface area contributed by atoms with E-state index in [4.69, 9.17) is 0 Å². The number of hydrogen-bond donors (Lipinski definition) is 2. The van der Waals surface area contributed by atoms with Gasteiger partial charge in [-0.2, -0.15) is 0 Å². The SMILES string of the molecule is Cc1cc(F)ccc1CC(C)(O)CC1CCCCN1. The molecule has 0 radical (unpaired) electrons. The van der Waals surface area contributed by atoms with Gasteiger partial charge in [0.2, 0.25) is 0 Å². The molecule has 2 nitrogen and oxygen atoms in total. The number of aliphatic hydroxyl groups is 1. The minimum atomic E-state index is -0.738. The van der Waals surface area contributed by atoms with Gasteiger partial charge in [-0.3, -0.25) is 0 Å². The van der Waals surface area contributed by atoms with E-state index in [1.807, 2.05) is 13.8 Å². The lowest BCUT2D eigenvalue weighted by Crippen LogP contribution is -2.42. The molecule has 1 saturated heterocycles. The maximum atomic E-state index is 13.1. The summed E-state index contributed by atoms with van der Waals surface area (Å²) in [5.74, 6) is -0.213. The molecule has 1 aromatic rings. The maximum absolute atomic E-state index is 13.1. The zero-order valence-corrected chi connectivity index (χ0v) is 11.9. The lowest BCUT2D eigenvalue weighted by atomic mass is 9.86. The van der Waals surface area contributed by atoms with E-state index in [0.29, 0.717) is 12.5 Å². The van der Waals surface area contributed by atoms with Gasteiger partial charge in [0.05, 0.1) is 5.60 Å². The highest BCUT2D eigenvalue weighted by Crippen LogP contribution is 2.24. The number of halogens is 1. The van der Waals surface area contributed by atoms with E-state index in [-0.39, 0.29) is 5.82 Å². The third-order valence-electron chi connectivity index (χ3n) is 3.97. The molecule has 1 aromatic carbocycles. The fourth-order valence-electron chi connectivity index (χ4n) is 2.97. The molecule has 0 bridgehead atoms. The van der Waals surface area contributed by atoms with Crippen LogP contribution in [0.5, 0.6) is 0 Å². The van der Waals surface area contributed by atoms with Crippen LogP contribution in [-0.2, 0) is 6.42 Å². The largest absolute Gasteiger partial charge is 0.390 e. The molecule has 1 heterocycles. The van der Waals surface area contributed by atoms with Crippen LogP contribution >= 0.6 is 0 Å². The third kappa shape index (κ3) is 4.29. The first-order valence-electron chi connectivity index (χ1n) is 7.17. The molecule has 106 valence electrons. The van der Waals surface area contributed by atoms with E-state index in [2.05, 4.69) is 5.32 Å². The monoisotopic (exact) mass is 265 g/mol. The van der Waals surface area contributed by atoms with Gasteiger partial charge in [-0.15, -0.1) is 0 Å². The van der Waals surface area contributed by atoms with Crippen LogP contribution in [0.1, 0.15) is 43.7 Å². The summed E-state index contributed by atoms with van der Waals surface area (Å²) in [6.45, 7) is 4.83. The number of rotatable bonds is 4. The molecule has 0 aromatic heterocycles. The van der Waals surface area contributed by atoms with Crippen molar-refractivity contribution in [2.45, 2.75) is 57.6 Å². The summed E-state index contributed by atoms with van der Waals surface area (Å²) >= 11 is 0. The first-order valence-corrected chi connectivity index (χ1v) is 7.17. The Morgan fingerprint density at radius 1 is 1.42 bits per heavy atom. The fourth-order valence-corrected chi connectivity index (χ4v) is 2.97. The number of aryl methyl sites for hydroxylation is 1. The van der Waals surface area contributed by atoms with E-state index >= 15 is 0 Å². The van der Waals surface area contributed by atoms with Crippen molar-refractivity contribution in [2.24, 2.45) is 0 Å². The van der Waals surface area contributed by atoms with Crippen LogP contribution in [0.25, 0.3) is 0 Å². The minimum absolute atomic E-state index is 0.213. The predicted octanol–water partition coefficient (Wildman–Crippen LogP) is 2.96. The van der Waals surface area contributed by atoms with Gasteiger partial charge in [-0.1, -0.05) is 12.5 Å². The molecule has 0 amide bonds. The van der Waals surface area contributed by atoms with Gasteiger partial charge in [0.15, 0.2) is 0 Å². The number of piperidine rings is 1. The van der Waals surface area contributed by atoms with Crippen molar-refractivity contribution in [3.63, 3.8) is 0 Å². The third-order valence-corrected chi connectivity index (χ3v) is 3.97. The molecule has 1 aliphatic heterocycles. The van der Waals surface area contributed by atoms with Crippen molar-refractivity contribution in [3.05, 3.63) is 35.1 Å². The van der Waals surface area contributed by atoms with Crippen LogP contribution < -0.4 is 5.32 Å². The molecule has 3 heteroatoms. The van der Waals surface area contributed by atoms with E-state index < -0.39 is 5.60 Å². The Bertz CT molecular complexity index is 425. The lowest BCUT2D eigenvalue weighted by molar-refractivity contribution is 0.0370. The summed E-state index contributed by atoms with van der Waals surface area (Å²) in [5.41, 5.74) is 1.21. The van der Waals surface area contributed by atoms with Crippen LogP contribution in [-0.4, -0.2) is 23.3 Å². The molecule has 19 heavy (non-hydrogen) atoms. The molecular weight excluding hydrogens is 241 g/mol. The topological polar surface area (TPSA) is 32.3 Å². The molecule has 0 spiro atoms. The van der Waals surface area contributed by atoms with Crippen molar-refractivity contribution in [1.29, 1.82) is 0 Å². The fraction of sp³-hybridized carbons (Fsp3) is 0.625. The van der Waals surface area contributed by atoms with Gasteiger partial charge >= 0.3 is 0 Å². The molecule has 2 rings (SSSR count). The van der Waals surface area contributed by atoms with Gasteiger partial charge in [0, 0.05) is 12.5 Å². The number of hydrogen-bond acceptors (Lipinski definition) is 2. The van der Waals surface area contributed by atoms with Gasteiger partial charge in [-0.05, 0) is 62.9 Å². The number of nitrogens with one attached hydrogen (secondary N) is 1. The van der Waals surface area contributed by atoms with E-state index in [1.54, 1.807) is 6.07 Å². The normalized spacial score (nSPS) is 23.1.